The third-order valence-electron chi connectivity index (χ3n) is 9.19. The summed E-state index contributed by atoms with van der Waals surface area (Å²) in [6.45, 7) is 0. The Morgan fingerprint density at radius 3 is 0.853 bits per heavy atom. The summed E-state index contributed by atoms with van der Waals surface area (Å²) in [4.78, 5) is 31.3. The summed E-state index contributed by atoms with van der Waals surface area (Å²) >= 11 is 0. The van der Waals surface area contributed by atoms with E-state index in [4.69, 9.17) is 0 Å². The van der Waals surface area contributed by atoms with E-state index in [1.54, 1.807) is 0 Å². The zero-order valence-corrected chi connectivity index (χ0v) is 21.2. The smallest absolute Gasteiger partial charge is 0.255 e. The molecule has 6 heteroatoms. The lowest BCUT2D eigenvalue weighted by atomic mass is 9.87. The number of rotatable bonds is 7. The monoisotopic (exact) mass is 476 g/mol. The summed E-state index contributed by atoms with van der Waals surface area (Å²) in [5.41, 5.74) is 0. The van der Waals surface area contributed by atoms with E-state index in [0.29, 0.717) is 0 Å². The van der Waals surface area contributed by atoms with Crippen molar-refractivity contribution in [2.24, 2.45) is 0 Å². The summed E-state index contributed by atoms with van der Waals surface area (Å²) in [6.07, 6.45) is 18.1. The molecule has 2 N–H and O–H groups in total. The normalized spacial score (nSPS) is 26.1. The molecule has 2 unspecified atom stereocenters. The van der Waals surface area contributed by atoms with Gasteiger partial charge in [-0.2, -0.15) is 0 Å². The maximum Gasteiger partial charge on any atom is 0.255 e. The molecule has 6 nitrogen and oxygen atoms in total. The number of hydrogen-bond acceptors (Lipinski definition) is 4. The predicted octanol–water partition coefficient (Wildman–Crippen LogP) is 4.70. The van der Waals surface area contributed by atoms with Crippen molar-refractivity contribution in [3.63, 3.8) is 0 Å². The van der Waals surface area contributed by atoms with E-state index in [2.05, 4.69) is 0 Å². The van der Waals surface area contributed by atoms with Crippen molar-refractivity contribution in [1.82, 2.24) is 9.80 Å². The Kier molecular flexibility index (Phi) is 9.70. The first-order valence-corrected chi connectivity index (χ1v) is 14.6. The number of hydrogen-bond donors (Lipinski definition) is 2. The van der Waals surface area contributed by atoms with E-state index in [1.807, 2.05) is 9.80 Å². The average molecular weight is 477 g/mol. The molecule has 2 atom stereocenters. The van der Waals surface area contributed by atoms with Crippen LogP contribution in [-0.2, 0) is 9.59 Å². The van der Waals surface area contributed by atoms with Crippen molar-refractivity contribution in [2.75, 3.05) is 0 Å². The number of amides is 2. The Morgan fingerprint density at radius 1 is 0.441 bits per heavy atom. The van der Waals surface area contributed by atoms with Crippen molar-refractivity contribution in [2.45, 2.75) is 165 Å². The lowest BCUT2D eigenvalue weighted by Gasteiger charge is -2.44. The first kappa shape index (κ1) is 25.9. The third kappa shape index (κ3) is 6.16. The third-order valence-corrected chi connectivity index (χ3v) is 9.19. The summed E-state index contributed by atoms with van der Waals surface area (Å²) in [5.74, 6) is -0.821. The van der Waals surface area contributed by atoms with Crippen LogP contribution >= 0.6 is 0 Å². The number of carbonyl (C=O) groups is 2. The molecule has 4 fully saturated rings. The molecule has 4 aliphatic carbocycles. The van der Waals surface area contributed by atoms with Crippen LogP contribution in [0.25, 0.3) is 0 Å². The highest BCUT2D eigenvalue weighted by molar-refractivity contribution is 5.91. The predicted molar refractivity (Wildman–Crippen MR) is 133 cm³/mol. The molecule has 4 saturated carbocycles. The van der Waals surface area contributed by atoms with Gasteiger partial charge in [0.2, 0.25) is 0 Å². The molecular weight excluding hydrogens is 428 g/mol. The first-order valence-electron chi connectivity index (χ1n) is 14.6. The van der Waals surface area contributed by atoms with E-state index in [1.165, 1.54) is 25.7 Å². The summed E-state index contributed by atoms with van der Waals surface area (Å²) < 4.78 is 0. The minimum atomic E-state index is -1.66. The summed E-state index contributed by atoms with van der Waals surface area (Å²) in [5, 5.41) is 22.3. The fourth-order valence-electron chi connectivity index (χ4n) is 7.33. The highest BCUT2D eigenvalue weighted by Crippen LogP contribution is 2.33. The van der Waals surface area contributed by atoms with Gasteiger partial charge in [-0.25, -0.2) is 0 Å². The number of aliphatic hydroxyl groups excluding tert-OH is 2. The molecule has 2 amide bonds. The Labute approximate surface area is 206 Å². The van der Waals surface area contributed by atoms with Gasteiger partial charge in [-0.1, -0.05) is 77.0 Å². The summed E-state index contributed by atoms with van der Waals surface area (Å²) in [6, 6.07) is 0.534. The van der Waals surface area contributed by atoms with Crippen LogP contribution in [0.15, 0.2) is 0 Å². The highest BCUT2D eigenvalue weighted by atomic mass is 16.3. The maximum atomic E-state index is 13.7. The van der Waals surface area contributed by atoms with Gasteiger partial charge in [0.15, 0.2) is 12.2 Å². The van der Waals surface area contributed by atoms with Crippen LogP contribution < -0.4 is 0 Å². The molecule has 0 aromatic heterocycles. The highest BCUT2D eigenvalue weighted by Gasteiger charge is 2.43. The van der Waals surface area contributed by atoms with E-state index >= 15 is 0 Å². The molecule has 0 radical (unpaired) electrons. The van der Waals surface area contributed by atoms with Gasteiger partial charge in [-0.15, -0.1) is 0 Å². The van der Waals surface area contributed by atoms with Crippen LogP contribution in [0.2, 0.25) is 0 Å². The molecule has 0 spiro atoms. The second-order valence-electron chi connectivity index (χ2n) is 11.5. The number of aliphatic hydroxyl groups is 2. The van der Waals surface area contributed by atoms with Crippen molar-refractivity contribution in [1.29, 1.82) is 0 Å². The van der Waals surface area contributed by atoms with Crippen LogP contribution in [0, 0.1) is 0 Å². The van der Waals surface area contributed by atoms with Gasteiger partial charge in [0, 0.05) is 24.2 Å². The topological polar surface area (TPSA) is 81.1 Å². The second kappa shape index (κ2) is 12.7. The van der Waals surface area contributed by atoms with Gasteiger partial charge in [0.05, 0.1) is 0 Å². The largest absolute Gasteiger partial charge is 0.380 e. The van der Waals surface area contributed by atoms with E-state index in [0.717, 1.165) is 103 Å². The van der Waals surface area contributed by atoms with Gasteiger partial charge < -0.3 is 20.0 Å². The summed E-state index contributed by atoms with van der Waals surface area (Å²) in [7, 11) is 0. The molecule has 34 heavy (non-hydrogen) atoms. The molecule has 0 bridgehead atoms. The number of nitrogens with zero attached hydrogens (tertiary/aromatic N) is 2. The lowest BCUT2D eigenvalue weighted by Crippen LogP contribution is -2.59. The van der Waals surface area contributed by atoms with Gasteiger partial charge in [0.25, 0.3) is 11.8 Å². The first-order chi connectivity index (χ1) is 16.6. The van der Waals surface area contributed by atoms with Gasteiger partial charge in [-0.3, -0.25) is 9.59 Å². The molecule has 0 aliphatic heterocycles. The van der Waals surface area contributed by atoms with Crippen LogP contribution in [0.4, 0.5) is 0 Å². The van der Waals surface area contributed by atoms with Crippen LogP contribution in [0.5, 0.6) is 0 Å². The Bertz CT molecular complexity index is 555. The van der Waals surface area contributed by atoms with Crippen LogP contribution in [-0.4, -0.2) is 68.2 Å². The molecular formula is C28H48N2O4. The van der Waals surface area contributed by atoms with Crippen molar-refractivity contribution >= 4 is 11.8 Å². The zero-order chi connectivity index (χ0) is 23.9. The Balaban J connectivity index is 1.50. The molecule has 194 valence electrons. The van der Waals surface area contributed by atoms with Crippen LogP contribution in [0.3, 0.4) is 0 Å². The van der Waals surface area contributed by atoms with E-state index in [-0.39, 0.29) is 24.2 Å². The molecule has 0 aromatic carbocycles. The van der Waals surface area contributed by atoms with E-state index in [9.17, 15) is 19.8 Å². The number of carbonyl (C=O) groups excluding carboxylic acids is 2. The zero-order valence-electron chi connectivity index (χ0n) is 21.2. The van der Waals surface area contributed by atoms with Crippen molar-refractivity contribution < 1.29 is 19.8 Å². The Morgan fingerprint density at radius 2 is 0.647 bits per heavy atom. The standard InChI is InChI=1S/C28H48N2O4/c31-25(27(33)29(21-13-5-1-6-14-21)22-15-7-2-8-16-22)26(32)28(34)30(23-17-9-3-10-18-23)24-19-11-4-12-20-24/h21-26,31-32H,1-20H2. The SMILES string of the molecule is O=C(C(O)C(O)C(=O)N(C1CCCCC1)C1CCCCC1)N(C1CCCCC1)C1CCCCC1. The molecule has 0 saturated heterocycles. The van der Waals surface area contributed by atoms with Crippen LogP contribution in [0.1, 0.15) is 128 Å². The van der Waals surface area contributed by atoms with Gasteiger partial charge >= 0.3 is 0 Å². The quantitative estimate of drug-likeness (QED) is 0.558. The van der Waals surface area contributed by atoms with Crippen molar-refractivity contribution in [3.05, 3.63) is 0 Å². The Hall–Kier alpha value is -1.14. The van der Waals surface area contributed by atoms with Gasteiger partial charge in [0.1, 0.15) is 0 Å². The minimum absolute atomic E-state index is 0.133. The maximum absolute atomic E-state index is 13.7. The fourth-order valence-corrected chi connectivity index (χ4v) is 7.33. The lowest BCUT2D eigenvalue weighted by molar-refractivity contribution is -0.165. The molecule has 0 heterocycles. The molecule has 4 aliphatic rings. The van der Waals surface area contributed by atoms with Gasteiger partial charge in [-0.05, 0) is 51.4 Å². The molecule has 0 aromatic rings. The minimum Gasteiger partial charge on any atom is -0.380 e. The fraction of sp³-hybridized carbons (Fsp3) is 0.929. The molecule has 4 rings (SSSR count). The second-order valence-corrected chi connectivity index (χ2v) is 11.5. The average Bonchev–Trinajstić information content (AvgIpc) is 2.90. The van der Waals surface area contributed by atoms with Crippen molar-refractivity contribution in [3.8, 4) is 0 Å². The van der Waals surface area contributed by atoms with E-state index < -0.39 is 24.0 Å².